The Kier molecular flexibility index (Phi) is 6.92. The summed E-state index contributed by atoms with van der Waals surface area (Å²) in [5, 5.41) is 4.91. The molecule has 0 aromatic rings. The minimum absolute atomic E-state index is 0.143. The molecule has 0 spiro atoms. The number of imide groups is 1. The Hall–Kier alpha value is -1.59. The predicted molar refractivity (Wildman–Crippen MR) is 69.4 cm³/mol. The number of esters is 1. The van der Waals surface area contributed by atoms with Crippen LogP contribution in [0.2, 0.25) is 0 Å². The highest BCUT2D eigenvalue weighted by Gasteiger charge is 2.17. The molecule has 108 valence electrons. The van der Waals surface area contributed by atoms with E-state index in [1.807, 2.05) is 6.92 Å². The van der Waals surface area contributed by atoms with Crippen LogP contribution in [0.4, 0.5) is 4.79 Å². The van der Waals surface area contributed by atoms with Crippen molar-refractivity contribution in [3.8, 4) is 0 Å². The zero-order valence-electron chi connectivity index (χ0n) is 11.4. The molecule has 1 rings (SSSR count). The maximum atomic E-state index is 11.5. The van der Waals surface area contributed by atoms with E-state index in [0.29, 0.717) is 6.42 Å². The lowest BCUT2D eigenvalue weighted by molar-refractivity contribution is -0.148. The van der Waals surface area contributed by atoms with Gasteiger partial charge in [-0.2, -0.15) is 0 Å². The van der Waals surface area contributed by atoms with Crippen molar-refractivity contribution < 1.29 is 19.1 Å². The Morgan fingerprint density at radius 1 is 1.16 bits per heavy atom. The van der Waals surface area contributed by atoms with E-state index in [9.17, 15) is 14.4 Å². The summed E-state index contributed by atoms with van der Waals surface area (Å²) in [6.07, 6.45) is 6.26. The van der Waals surface area contributed by atoms with E-state index in [1.165, 1.54) is 6.42 Å². The molecular formula is C13H22N2O4. The Labute approximate surface area is 113 Å². The zero-order valence-corrected chi connectivity index (χ0v) is 11.4. The second-order valence-electron chi connectivity index (χ2n) is 4.77. The highest BCUT2D eigenvalue weighted by atomic mass is 16.5. The highest BCUT2D eigenvalue weighted by molar-refractivity contribution is 5.95. The summed E-state index contributed by atoms with van der Waals surface area (Å²) in [4.78, 5) is 33.9. The Morgan fingerprint density at radius 3 is 2.47 bits per heavy atom. The van der Waals surface area contributed by atoms with Gasteiger partial charge in [-0.1, -0.05) is 26.2 Å². The van der Waals surface area contributed by atoms with E-state index in [4.69, 9.17) is 4.74 Å². The van der Waals surface area contributed by atoms with Gasteiger partial charge in [-0.25, -0.2) is 4.79 Å². The molecule has 1 saturated carbocycles. The molecule has 6 heteroatoms. The average molecular weight is 270 g/mol. The molecule has 2 N–H and O–H groups in total. The van der Waals surface area contributed by atoms with Crippen molar-refractivity contribution in [2.75, 3.05) is 6.61 Å². The van der Waals surface area contributed by atoms with Gasteiger partial charge in [-0.3, -0.25) is 14.9 Å². The Morgan fingerprint density at radius 2 is 1.84 bits per heavy atom. The second-order valence-corrected chi connectivity index (χ2v) is 4.77. The van der Waals surface area contributed by atoms with Crippen LogP contribution in [0.3, 0.4) is 0 Å². The normalized spacial score (nSPS) is 15.6. The fourth-order valence-corrected chi connectivity index (χ4v) is 2.05. The third kappa shape index (κ3) is 6.79. The van der Waals surface area contributed by atoms with E-state index in [2.05, 4.69) is 10.6 Å². The lowest BCUT2D eigenvalue weighted by Crippen LogP contribution is -2.46. The third-order valence-corrected chi connectivity index (χ3v) is 3.01. The van der Waals surface area contributed by atoms with Crippen molar-refractivity contribution in [3.63, 3.8) is 0 Å². The van der Waals surface area contributed by atoms with Gasteiger partial charge in [-0.05, 0) is 19.3 Å². The number of nitrogens with one attached hydrogen (secondary N) is 2. The van der Waals surface area contributed by atoms with Crippen molar-refractivity contribution in [2.24, 2.45) is 0 Å². The summed E-state index contributed by atoms with van der Waals surface area (Å²) >= 11 is 0. The van der Waals surface area contributed by atoms with E-state index < -0.39 is 24.5 Å². The summed E-state index contributed by atoms with van der Waals surface area (Å²) in [6.45, 7) is 1.44. The van der Waals surface area contributed by atoms with Crippen LogP contribution in [0.15, 0.2) is 0 Å². The summed E-state index contributed by atoms with van der Waals surface area (Å²) in [7, 11) is 0. The molecule has 0 aromatic carbocycles. The summed E-state index contributed by atoms with van der Waals surface area (Å²) in [5.41, 5.74) is 0. The lowest BCUT2D eigenvalue weighted by Gasteiger charge is -2.22. The monoisotopic (exact) mass is 270 g/mol. The number of amides is 3. The van der Waals surface area contributed by atoms with Gasteiger partial charge < -0.3 is 10.1 Å². The van der Waals surface area contributed by atoms with Crippen molar-refractivity contribution in [2.45, 2.75) is 57.9 Å². The van der Waals surface area contributed by atoms with Crippen LogP contribution < -0.4 is 10.6 Å². The fourth-order valence-electron chi connectivity index (χ4n) is 2.05. The van der Waals surface area contributed by atoms with E-state index >= 15 is 0 Å². The van der Waals surface area contributed by atoms with Gasteiger partial charge in [-0.15, -0.1) is 0 Å². The Balaban J connectivity index is 2.16. The first kappa shape index (κ1) is 15.5. The first-order chi connectivity index (χ1) is 9.11. The zero-order chi connectivity index (χ0) is 14.1. The van der Waals surface area contributed by atoms with Crippen LogP contribution in [0.25, 0.3) is 0 Å². The minimum atomic E-state index is -0.599. The quantitative estimate of drug-likeness (QED) is 0.741. The summed E-state index contributed by atoms with van der Waals surface area (Å²) in [5.74, 6) is -1.02. The van der Waals surface area contributed by atoms with Crippen molar-refractivity contribution in [1.82, 2.24) is 10.6 Å². The van der Waals surface area contributed by atoms with Gasteiger partial charge in [0.25, 0.3) is 5.91 Å². The number of hydrogen-bond acceptors (Lipinski definition) is 4. The third-order valence-electron chi connectivity index (χ3n) is 3.01. The van der Waals surface area contributed by atoms with Crippen LogP contribution in [-0.2, 0) is 14.3 Å². The maximum Gasteiger partial charge on any atom is 0.321 e. The van der Waals surface area contributed by atoms with Crippen molar-refractivity contribution in [1.29, 1.82) is 0 Å². The number of urea groups is 1. The molecule has 0 heterocycles. The van der Waals surface area contributed by atoms with Gasteiger partial charge in [0, 0.05) is 12.5 Å². The number of rotatable bonds is 5. The lowest BCUT2D eigenvalue weighted by atomic mass is 9.96. The average Bonchev–Trinajstić information content (AvgIpc) is 2.38. The molecule has 1 aliphatic carbocycles. The molecule has 19 heavy (non-hydrogen) atoms. The van der Waals surface area contributed by atoms with Gasteiger partial charge in [0.15, 0.2) is 6.61 Å². The second kappa shape index (κ2) is 8.50. The van der Waals surface area contributed by atoms with E-state index in [1.54, 1.807) is 0 Å². The van der Waals surface area contributed by atoms with Gasteiger partial charge in [0.2, 0.25) is 0 Å². The molecule has 1 aliphatic rings. The van der Waals surface area contributed by atoms with Crippen LogP contribution in [0.1, 0.15) is 51.9 Å². The van der Waals surface area contributed by atoms with Gasteiger partial charge in [0.1, 0.15) is 0 Å². The fraction of sp³-hybridized carbons (Fsp3) is 0.769. The molecule has 0 bridgehead atoms. The first-order valence-electron chi connectivity index (χ1n) is 6.87. The molecule has 3 amide bonds. The molecule has 6 nitrogen and oxygen atoms in total. The smallest absolute Gasteiger partial charge is 0.321 e. The van der Waals surface area contributed by atoms with Gasteiger partial charge >= 0.3 is 12.0 Å². The van der Waals surface area contributed by atoms with Crippen molar-refractivity contribution >= 4 is 17.9 Å². The Bertz CT molecular complexity index is 325. The molecule has 0 aliphatic heterocycles. The standard InChI is InChI=1S/C13H22N2O4/c1-2-6-12(17)19-9-11(16)15-13(18)14-10-7-4-3-5-8-10/h10H,2-9H2,1H3,(H2,14,15,16,18). The van der Waals surface area contributed by atoms with Crippen LogP contribution in [0, 0.1) is 0 Å². The van der Waals surface area contributed by atoms with Crippen LogP contribution in [0.5, 0.6) is 0 Å². The van der Waals surface area contributed by atoms with E-state index in [-0.39, 0.29) is 12.5 Å². The summed E-state index contributed by atoms with van der Waals surface area (Å²) in [6, 6.07) is -0.368. The van der Waals surface area contributed by atoms with Crippen LogP contribution >= 0.6 is 0 Å². The van der Waals surface area contributed by atoms with Crippen LogP contribution in [-0.4, -0.2) is 30.6 Å². The first-order valence-corrected chi connectivity index (χ1v) is 6.87. The largest absolute Gasteiger partial charge is 0.456 e. The molecule has 1 fully saturated rings. The SMILES string of the molecule is CCCC(=O)OCC(=O)NC(=O)NC1CCCCC1. The molecule has 0 saturated heterocycles. The predicted octanol–water partition coefficient (Wildman–Crippen LogP) is 1.49. The topological polar surface area (TPSA) is 84.5 Å². The molecule has 0 aromatic heterocycles. The van der Waals surface area contributed by atoms with E-state index in [0.717, 1.165) is 25.7 Å². The maximum absolute atomic E-state index is 11.5. The molecule has 0 atom stereocenters. The van der Waals surface area contributed by atoms with Crippen molar-refractivity contribution in [3.05, 3.63) is 0 Å². The number of ether oxygens (including phenoxy) is 1. The molecule has 0 radical (unpaired) electrons. The number of hydrogen-bond donors (Lipinski definition) is 2. The highest BCUT2D eigenvalue weighted by Crippen LogP contribution is 2.16. The van der Waals surface area contributed by atoms with Gasteiger partial charge in [0.05, 0.1) is 0 Å². The molecule has 0 unspecified atom stereocenters. The number of carbonyl (C=O) groups is 3. The minimum Gasteiger partial charge on any atom is -0.456 e. The molecular weight excluding hydrogens is 248 g/mol. The summed E-state index contributed by atoms with van der Waals surface area (Å²) < 4.78 is 4.70. The number of carbonyl (C=O) groups excluding carboxylic acids is 3.